The fourth-order valence-corrected chi connectivity index (χ4v) is 2.87. The van der Waals surface area contributed by atoms with E-state index in [0.717, 1.165) is 6.42 Å². The van der Waals surface area contributed by atoms with Gasteiger partial charge in [-0.05, 0) is 66.1 Å². The van der Waals surface area contributed by atoms with Crippen molar-refractivity contribution in [2.24, 2.45) is 0 Å². The SMILES string of the molecule is Cc1cc(C)c2c(c1C)Cc1ccccc1-2. The van der Waals surface area contributed by atoms with Crippen molar-refractivity contribution < 1.29 is 0 Å². The Labute approximate surface area is 96.9 Å². The molecule has 0 spiro atoms. The van der Waals surface area contributed by atoms with Crippen LogP contribution in [0.4, 0.5) is 0 Å². The molecule has 1 aliphatic rings. The summed E-state index contributed by atoms with van der Waals surface area (Å²) in [5, 5.41) is 0. The quantitative estimate of drug-likeness (QED) is 0.520. The minimum atomic E-state index is 1.11. The lowest BCUT2D eigenvalue weighted by molar-refractivity contribution is 1.18. The predicted molar refractivity (Wildman–Crippen MR) is 68.9 cm³/mol. The van der Waals surface area contributed by atoms with Crippen LogP contribution >= 0.6 is 0 Å². The normalized spacial score (nSPS) is 12.4. The van der Waals surface area contributed by atoms with Gasteiger partial charge in [0, 0.05) is 0 Å². The Hall–Kier alpha value is -1.56. The van der Waals surface area contributed by atoms with Crippen LogP contribution in [0, 0.1) is 20.8 Å². The lowest BCUT2D eigenvalue weighted by Gasteiger charge is -2.11. The van der Waals surface area contributed by atoms with Crippen LogP contribution in [-0.2, 0) is 6.42 Å². The van der Waals surface area contributed by atoms with Gasteiger partial charge in [0.2, 0.25) is 0 Å². The molecular weight excluding hydrogens is 192 g/mol. The summed E-state index contributed by atoms with van der Waals surface area (Å²) < 4.78 is 0. The second kappa shape index (κ2) is 3.21. The summed E-state index contributed by atoms with van der Waals surface area (Å²) in [6.07, 6.45) is 1.11. The standard InChI is InChI=1S/C16H16/c1-10-8-11(2)16-14-7-5-4-6-13(14)9-15(16)12(10)3/h4-8H,9H2,1-3H3. The summed E-state index contributed by atoms with van der Waals surface area (Å²) in [6.45, 7) is 6.69. The highest BCUT2D eigenvalue weighted by Gasteiger charge is 2.21. The molecule has 0 bridgehead atoms. The summed E-state index contributed by atoms with van der Waals surface area (Å²) in [5.41, 5.74) is 10.3. The smallest absolute Gasteiger partial charge is 0.00106 e. The molecule has 0 N–H and O–H groups in total. The fourth-order valence-electron chi connectivity index (χ4n) is 2.87. The summed E-state index contributed by atoms with van der Waals surface area (Å²) in [5.74, 6) is 0. The van der Waals surface area contributed by atoms with Gasteiger partial charge in [-0.1, -0.05) is 30.3 Å². The Morgan fingerprint density at radius 2 is 1.69 bits per heavy atom. The zero-order valence-corrected chi connectivity index (χ0v) is 10.1. The van der Waals surface area contributed by atoms with E-state index in [0.29, 0.717) is 0 Å². The number of aryl methyl sites for hydroxylation is 2. The molecule has 1 aliphatic carbocycles. The molecule has 3 rings (SSSR count). The minimum Gasteiger partial charge on any atom is -0.0619 e. The first kappa shape index (κ1) is 9.65. The summed E-state index contributed by atoms with van der Waals surface area (Å²) in [6, 6.07) is 11.1. The van der Waals surface area contributed by atoms with Gasteiger partial charge in [0.15, 0.2) is 0 Å². The lowest BCUT2D eigenvalue weighted by Crippen LogP contribution is -1.93. The molecule has 0 unspecified atom stereocenters. The van der Waals surface area contributed by atoms with Gasteiger partial charge in [0.05, 0.1) is 0 Å². The molecule has 0 atom stereocenters. The molecule has 2 aromatic carbocycles. The van der Waals surface area contributed by atoms with Crippen LogP contribution in [0.25, 0.3) is 11.1 Å². The van der Waals surface area contributed by atoms with Crippen LogP contribution < -0.4 is 0 Å². The van der Waals surface area contributed by atoms with Crippen LogP contribution in [-0.4, -0.2) is 0 Å². The molecule has 0 saturated heterocycles. The maximum absolute atomic E-state index is 2.32. The van der Waals surface area contributed by atoms with Gasteiger partial charge >= 0.3 is 0 Å². The number of rotatable bonds is 0. The van der Waals surface area contributed by atoms with E-state index in [1.54, 1.807) is 5.56 Å². The maximum Gasteiger partial charge on any atom is -0.00106 e. The van der Waals surface area contributed by atoms with Gasteiger partial charge in [0.1, 0.15) is 0 Å². The minimum absolute atomic E-state index is 1.11. The first-order chi connectivity index (χ1) is 7.68. The number of hydrogen-bond acceptors (Lipinski definition) is 0. The fraction of sp³-hybridized carbons (Fsp3) is 0.250. The topological polar surface area (TPSA) is 0 Å². The summed E-state index contributed by atoms with van der Waals surface area (Å²) in [4.78, 5) is 0. The third-order valence-corrected chi connectivity index (χ3v) is 3.83. The van der Waals surface area contributed by atoms with Crippen LogP contribution in [0.3, 0.4) is 0 Å². The van der Waals surface area contributed by atoms with E-state index in [1.165, 1.54) is 33.4 Å². The summed E-state index contributed by atoms with van der Waals surface area (Å²) >= 11 is 0. The molecule has 0 saturated carbocycles. The molecule has 0 nitrogen and oxygen atoms in total. The monoisotopic (exact) mass is 208 g/mol. The van der Waals surface area contributed by atoms with Crippen molar-refractivity contribution in [2.75, 3.05) is 0 Å². The number of fused-ring (bicyclic) bond motifs is 3. The highest BCUT2D eigenvalue weighted by Crippen LogP contribution is 2.41. The third kappa shape index (κ3) is 1.16. The number of benzene rings is 2. The maximum atomic E-state index is 2.32. The van der Waals surface area contributed by atoms with Gasteiger partial charge in [-0.2, -0.15) is 0 Å². The average molecular weight is 208 g/mol. The van der Waals surface area contributed by atoms with Gasteiger partial charge in [-0.15, -0.1) is 0 Å². The van der Waals surface area contributed by atoms with E-state index >= 15 is 0 Å². The largest absolute Gasteiger partial charge is 0.0619 e. The molecule has 0 aliphatic heterocycles. The Balaban J connectivity index is 2.37. The zero-order valence-electron chi connectivity index (χ0n) is 10.1. The van der Waals surface area contributed by atoms with Crippen molar-refractivity contribution >= 4 is 0 Å². The van der Waals surface area contributed by atoms with Gasteiger partial charge in [-0.25, -0.2) is 0 Å². The third-order valence-electron chi connectivity index (χ3n) is 3.83. The van der Waals surface area contributed by atoms with E-state index in [9.17, 15) is 0 Å². The highest BCUT2D eigenvalue weighted by atomic mass is 14.3. The first-order valence-electron chi connectivity index (χ1n) is 5.86. The Bertz CT molecular complexity index is 577. The van der Waals surface area contributed by atoms with Crippen molar-refractivity contribution in [3.63, 3.8) is 0 Å². The Kier molecular flexibility index (Phi) is 1.94. The zero-order chi connectivity index (χ0) is 11.3. The molecule has 0 radical (unpaired) electrons. The highest BCUT2D eigenvalue weighted by molar-refractivity contribution is 5.81. The van der Waals surface area contributed by atoms with E-state index in [1.807, 2.05) is 0 Å². The summed E-state index contributed by atoms with van der Waals surface area (Å²) in [7, 11) is 0. The van der Waals surface area contributed by atoms with Gasteiger partial charge in [0.25, 0.3) is 0 Å². The van der Waals surface area contributed by atoms with Crippen molar-refractivity contribution in [3.05, 3.63) is 58.1 Å². The lowest BCUT2D eigenvalue weighted by atomic mass is 9.94. The molecule has 0 fully saturated rings. The van der Waals surface area contributed by atoms with Crippen LogP contribution in [0.1, 0.15) is 27.8 Å². The molecule has 16 heavy (non-hydrogen) atoms. The molecular formula is C16H16. The second-order valence-electron chi connectivity index (χ2n) is 4.82. The molecule has 80 valence electrons. The molecule has 2 aromatic rings. The van der Waals surface area contributed by atoms with Crippen LogP contribution in [0.5, 0.6) is 0 Å². The van der Waals surface area contributed by atoms with Crippen LogP contribution in [0.15, 0.2) is 30.3 Å². The van der Waals surface area contributed by atoms with Gasteiger partial charge in [-0.3, -0.25) is 0 Å². The molecule has 0 aromatic heterocycles. The second-order valence-corrected chi connectivity index (χ2v) is 4.82. The van der Waals surface area contributed by atoms with Crippen LogP contribution in [0.2, 0.25) is 0 Å². The van der Waals surface area contributed by atoms with E-state index in [2.05, 4.69) is 51.1 Å². The van der Waals surface area contributed by atoms with Gasteiger partial charge < -0.3 is 0 Å². The Morgan fingerprint density at radius 3 is 2.50 bits per heavy atom. The average Bonchev–Trinajstić information content (AvgIpc) is 2.65. The van der Waals surface area contributed by atoms with E-state index in [4.69, 9.17) is 0 Å². The molecule has 0 amide bonds. The molecule has 0 heterocycles. The van der Waals surface area contributed by atoms with Crippen molar-refractivity contribution in [1.29, 1.82) is 0 Å². The van der Waals surface area contributed by atoms with Crippen molar-refractivity contribution in [2.45, 2.75) is 27.2 Å². The number of hydrogen-bond donors (Lipinski definition) is 0. The van der Waals surface area contributed by atoms with E-state index < -0.39 is 0 Å². The Morgan fingerprint density at radius 1 is 0.938 bits per heavy atom. The van der Waals surface area contributed by atoms with Crippen molar-refractivity contribution in [3.8, 4) is 11.1 Å². The van der Waals surface area contributed by atoms with Crippen molar-refractivity contribution in [1.82, 2.24) is 0 Å². The molecule has 0 heteroatoms. The predicted octanol–water partition coefficient (Wildman–Crippen LogP) is 4.18. The van der Waals surface area contributed by atoms with E-state index in [-0.39, 0.29) is 0 Å². The first-order valence-corrected chi connectivity index (χ1v) is 5.86.